The van der Waals surface area contributed by atoms with Crippen LogP contribution in [-0.4, -0.2) is 29.4 Å². The van der Waals surface area contributed by atoms with Crippen molar-refractivity contribution in [2.75, 3.05) is 11.9 Å². The number of carbonyl (C=O) groups is 2. The van der Waals surface area contributed by atoms with Crippen LogP contribution in [0.5, 0.6) is 5.75 Å². The Morgan fingerprint density at radius 2 is 1.71 bits per heavy atom. The molecule has 0 aromatic heterocycles. The quantitative estimate of drug-likeness (QED) is 0.512. The van der Waals surface area contributed by atoms with Gasteiger partial charge in [-0.25, -0.2) is 4.39 Å². The van der Waals surface area contributed by atoms with E-state index in [0.717, 1.165) is 23.1 Å². The molecule has 182 valence electrons. The normalized spacial score (nSPS) is 16.3. The second-order valence-electron chi connectivity index (χ2n) is 9.93. The molecule has 0 radical (unpaired) electrons. The molecule has 4 rings (SSSR count). The monoisotopic (exact) mass is 474 g/mol. The number of rotatable bonds is 5. The summed E-state index contributed by atoms with van der Waals surface area (Å²) in [5.74, 6) is -0.0568. The zero-order valence-corrected chi connectivity index (χ0v) is 20.5. The molecule has 0 spiro atoms. The molecule has 35 heavy (non-hydrogen) atoms. The Morgan fingerprint density at radius 1 is 1.03 bits per heavy atom. The van der Waals surface area contributed by atoms with Gasteiger partial charge in [-0.05, 0) is 66.4 Å². The van der Waals surface area contributed by atoms with E-state index in [2.05, 4.69) is 5.32 Å². The summed E-state index contributed by atoms with van der Waals surface area (Å²) in [5, 5.41) is 2.74. The molecule has 6 heteroatoms. The number of hydrogen-bond donors (Lipinski definition) is 1. The minimum atomic E-state index is -0.774. The molecule has 0 aliphatic carbocycles. The molecule has 2 unspecified atom stereocenters. The Hall–Kier alpha value is -3.67. The smallest absolute Gasteiger partial charge is 0.265 e. The van der Waals surface area contributed by atoms with Crippen LogP contribution in [0.3, 0.4) is 0 Å². The van der Waals surface area contributed by atoms with Gasteiger partial charge in [-0.1, -0.05) is 57.2 Å². The number of ether oxygens (including phenoxy) is 1. The van der Waals surface area contributed by atoms with Crippen molar-refractivity contribution < 1.29 is 18.7 Å². The van der Waals surface area contributed by atoms with Crippen LogP contribution in [0.1, 0.15) is 50.4 Å². The first-order valence-corrected chi connectivity index (χ1v) is 11.9. The van der Waals surface area contributed by atoms with E-state index in [4.69, 9.17) is 4.74 Å². The SMILES string of the molecule is CC(Oc1ccc2c(c1)C(c1ccccc1)N(C(=O)C(C)(C)C)CC2)C(=O)Nc1ccc(F)cc1. The van der Waals surface area contributed by atoms with E-state index in [1.165, 1.54) is 24.3 Å². The fraction of sp³-hybridized carbons (Fsp3) is 0.310. The zero-order chi connectivity index (χ0) is 25.2. The van der Waals surface area contributed by atoms with Crippen LogP contribution in [-0.2, 0) is 16.0 Å². The van der Waals surface area contributed by atoms with Gasteiger partial charge in [0.1, 0.15) is 11.6 Å². The highest BCUT2D eigenvalue weighted by Gasteiger charge is 2.37. The van der Waals surface area contributed by atoms with E-state index in [9.17, 15) is 14.0 Å². The van der Waals surface area contributed by atoms with E-state index in [0.29, 0.717) is 18.0 Å². The van der Waals surface area contributed by atoms with Crippen molar-refractivity contribution in [2.45, 2.75) is 46.3 Å². The highest BCUT2D eigenvalue weighted by Crippen LogP contribution is 2.39. The molecule has 2 atom stereocenters. The summed E-state index contributed by atoms with van der Waals surface area (Å²) >= 11 is 0. The third-order valence-corrected chi connectivity index (χ3v) is 6.16. The van der Waals surface area contributed by atoms with Crippen molar-refractivity contribution in [2.24, 2.45) is 5.41 Å². The fourth-order valence-corrected chi connectivity index (χ4v) is 4.35. The number of nitrogens with zero attached hydrogens (tertiary/aromatic N) is 1. The number of carbonyl (C=O) groups excluding carboxylic acids is 2. The number of halogens is 1. The topological polar surface area (TPSA) is 58.6 Å². The summed E-state index contributed by atoms with van der Waals surface area (Å²) in [5.41, 5.74) is 3.19. The van der Waals surface area contributed by atoms with Gasteiger partial charge in [0.15, 0.2) is 6.10 Å². The third kappa shape index (κ3) is 5.53. The molecule has 1 heterocycles. The highest BCUT2D eigenvalue weighted by molar-refractivity contribution is 5.94. The summed E-state index contributed by atoms with van der Waals surface area (Å²) in [4.78, 5) is 28.0. The van der Waals surface area contributed by atoms with Crippen LogP contribution in [0.25, 0.3) is 0 Å². The largest absolute Gasteiger partial charge is 0.481 e. The van der Waals surface area contributed by atoms with Crippen LogP contribution in [0.2, 0.25) is 0 Å². The molecule has 0 bridgehead atoms. The Kier molecular flexibility index (Phi) is 6.92. The Morgan fingerprint density at radius 3 is 2.37 bits per heavy atom. The maximum Gasteiger partial charge on any atom is 0.265 e. The average molecular weight is 475 g/mol. The van der Waals surface area contributed by atoms with Crippen molar-refractivity contribution in [3.05, 3.63) is 95.3 Å². The van der Waals surface area contributed by atoms with Gasteiger partial charge in [0, 0.05) is 17.6 Å². The fourth-order valence-electron chi connectivity index (χ4n) is 4.35. The summed E-state index contributed by atoms with van der Waals surface area (Å²) in [6.07, 6.45) is -0.0225. The molecule has 0 saturated heterocycles. The first-order valence-electron chi connectivity index (χ1n) is 11.9. The second kappa shape index (κ2) is 9.90. The van der Waals surface area contributed by atoms with Crippen LogP contribution < -0.4 is 10.1 Å². The molecular formula is C29H31FN2O3. The molecule has 0 fully saturated rings. The standard InChI is InChI=1S/C29H31FN2O3/c1-19(27(33)31-23-13-11-22(30)12-14-23)35-24-15-10-20-16-17-32(28(34)29(2,3)4)26(25(20)18-24)21-8-6-5-7-9-21/h5-15,18-19,26H,16-17H2,1-4H3,(H,31,33). The minimum absolute atomic E-state index is 0.0929. The molecule has 0 saturated carbocycles. The molecule has 1 N–H and O–H groups in total. The van der Waals surface area contributed by atoms with Crippen molar-refractivity contribution in [1.29, 1.82) is 0 Å². The van der Waals surface area contributed by atoms with Crippen LogP contribution in [0, 0.1) is 11.2 Å². The van der Waals surface area contributed by atoms with E-state index in [1.807, 2.05) is 74.2 Å². The Labute approximate surface area is 205 Å². The summed E-state index contributed by atoms with van der Waals surface area (Å²) in [6, 6.07) is 21.2. The van der Waals surface area contributed by atoms with Gasteiger partial charge in [-0.2, -0.15) is 0 Å². The number of hydrogen-bond acceptors (Lipinski definition) is 3. The van der Waals surface area contributed by atoms with Crippen molar-refractivity contribution in [3.63, 3.8) is 0 Å². The molecule has 1 aliphatic heterocycles. The zero-order valence-electron chi connectivity index (χ0n) is 20.5. The van der Waals surface area contributed by atoms with Crippen LogP contribution >= 0.6 is 0 Å². The molecule has 1 aliphatic rings. The first-order chi connectivity index (χ1) is 16.6. The summed E-state index contributed by atoms with van der Waals surface area (Å²) in [7, 11) is 0. The molecule has 3 aromatic rings. The van der Waals surface area contributed by atoms with Crippen LogP contribution in [0.15, 0.2) is 72.8 Å². The number of anilines is 1. The lowest BCUT2D eigenvalue weighted by atomic mass is 9.85. The van der Waals surface area contributed by atoms with Gasteiger partial charge in [-0.15, -0.1) is 0 Å². The molecule has 3 aromatic carbocycles. The van der Waals surface area contributed by atoms with Gasteiger partial charge < -0.3 is 15.0 Å². The van der Waals surface area contributed by atoms with Crippen molar-refractivity contribution in [1.82, 2.24) is 4.90 Å². The maximum absolute atomic E-state index is 13.4. The van der Waals surface area contributed by atoms with Gasteiger partial charge in [-0.3, -0.25) is 9.59 Å². The van der Waals surface area contributed by atoms with Gasteiger partial charge in [0.2, 0.25) is 5.91 Å². The van der Waals surface area contributed by atoms with Gasteiger partial charge in [0.25, 0.3) is 5.91 Å². The third-order valence-electron chi connectivity index (χ3n) is 6.16. The van der Waals surface area contributed by atoms with Crippen molar-refractivity contribution in [3.8, 4) is 5.75 Å². The van der Waals surface area contributed by atoms with E-state index >= 15 is 0 Å². The maximum atomic E-state index is 13.4. The van der Waals surface area contributed by atoms with Crippen LogP contribution in [0.4, 0.5) is 10.1 Å². The number of nitrogens with one attached hydrogen (secondary N) is 1. The molecule has 2 amide bonds. The minimum Gasteiger partial charge on any atom is -0.481 e. The lowest BCUT2D eigenvalue weighted by molar-refractivity contribution is -0.141. The lowest BCUT2D eigenvalue weighted by Crippen LogP contribution is -2.45. The first kappa shape index (κ1) is 24.5. The highest BCUT2D eigenvalue weighted by atomic mass is 19.1. The average Bonchev–Trinajstić information content (AvgIpc) is 2.84. The number of amides is 2. The Bertz CT molecular complexity index is 1200. The van der Waals surface area contributed by atoms with Crippen molar-refractivity contribution >= 4 is 17.5 Å². The predicted octanol–water partition coefficient (Wildman–Crippen LogP) is 5.75. The van der Waals surface area contributed by atoms with E-state index in [1.54, 1.807) is 6.92 Å². The van der Waals surface area contributed by atoms with Gasteiger partial charge in [0.05, 0.1) is 6.04 Å². The lowest BCUT2D eigenvalue weighted by Gasteiger charge is -2.41. The number of fused-ring (bicyclic) bond motifs is 1. The summed E-state index contributed by atoms with van der Waals surface area (Å²) < 4.78 is 19.1. The predicted molar refractivity (Wildman–Crippen MR) is 135 cm³/mol. The number of benzene rings is 3. The molecule has 5 nitrogen and oxygen atoms in total. The van der Waals surface area contributed by atoms with Gasteiger partial charge >= 0.3 is 0 Å². The Balaban J connectivity index is 1.60. The van der Waals surface area contributed by atoms with E-state index < -0.39 is 11.5 Å². The summed E-state index contributed by atoms with van der Waals surface area (Å²) in [6.45, 7) is 8.12. The van der Waals surface area contributed by atoms with E-state index in [-0.39, 0.29) is 23.7 Å². The second-order valence-corrected chi connectivity index (χ2v) is 9.93. The molecular weight excluding hydrogens is 443 g/mol.